The Morgan fingerprint density at radius 1 is 1.12 bits per heavy atom. The third-order valence-electron chi connectivity index (χ3n) is 5.01. The molecule has 1 atom stereocenters. The Morgan fingerprint density at radius 2 is 1.81 bits per heavy atom. The van der Waals surface area contributed by atoms with Crippen molar-refractivity contribution in [2.24, 2.45) is 5.92 Å². The molecule has 26 heavy (non-hydrogen) atoms. The van der Waals surface area contributed by atoms with Crippen LogP contribution in [-0.2, 0) is 11.2 Å². The fourth-order valence-electron chi connectivity index (χ4n) is 3.28. The number of anilines is 1. The number of hydrogen-bond donors (Lipinski definition) is 3. The molecule has 0 radical (unpaired) electrons. The standard InChI is InChI=1S/C20H21NO5/c1-10-11(2)18-15(12(3)17(10)22)8-13(9-26-18)19(23)21-16-7-5-4-6-14(16)20(24)25/h4-7,13,22H,8-9H2,1-3H3,(H,21,23)(H,24,25). The van der Waals surface area contributed by atoms with Crippen molar-refractivity contribution in [3.8, 4) is 11.5 Å². The zero-order chi connectivity index (χ0) is 19.0. The van der Waals surface area contributed by atoms with Gasteiger partial charge in [-0.05, 0) is 56.0 Å². The summed E-state index contributed by atoms with van der Waals surface area (Å²) in [6.07, 6.45) is 0.427. The van der Waals surface area contributed by atoms with Crippen LogP contribution >= 0.6 is 0 Å². The van der Waals surface area contributed by atoms with Gasteiger partial charge in [0.05, 0.1) is 17.2 Å². The van der Waals surface area contributed by atoms with Crippen molar-refractivity contribution in [3.63, 3.8) is 0 Å². The van der Waals surface area contributed by atoms with Crippen molar-refractivity contribution < 1.29 is 24.5 Å². The van der Waals surface area contributed by atoms with E-state index in [2.05, 4.69) is 5.32 Å². The molecule has 2 aromatic carbocycles. The molecule has 6 heteroatoms. The average Bonchev–Trinajstić information content (AvgIpc) is 2.64. The lowest BCUT2D eigenvalue weighted by Crippen LogP contribution is -2.33. The third-order valence-corrected chi connectivity index (χ3v) is 5.01. The van der Waals surface area contributed by atoms with Crippen LogP contribution in [0.5, 0.6) is 11.5 Å². The van der Waals surface area contributed by atoms with Gasteiger partial charge < -0.3 is 20.3 Å². The van der Waals surface area contributed by atoms with Gasteiger partial charge in [0.15, 0.2) is 0 Å². The number of fused-ring (bicyclic) bond motifs is 1. The van der Waals surface area contributed by atoms with Gasteiger partial charge in [0.25, 0.3) is 0 Å². The summed E-state index contributed by atoms with van der Waals surface area (Å²) in [5.74, 6) is -0.918. The summed E-state index contributed by atoms with van der Waals surface area (Å²) in [5, 5.41) is 22.2. The Labute approximate surface area is 151 Å². The number of carbonyl (C=O) groups excluding carboxylic acids is 1. The molecule has 0 aromatic heterocycles. The van der Waals surface area contributed by atoms with Crippen LogP contribution in [0.2, 0.25) is 0 Å². The highest BCUT2D eigenvalue weighted by atomic mass is 16.5. The fourth-order valence-corrected chi connectivity index (χ4v) is 3.28. The van der Waals surface area contributed by atoms with Crippen LogP contribution in [0.3, 0.4) is 0 Å². The number of phenolic OH excluding ortho intramolecular Hbond substituents is 1. The number of nitrogens with one attached hydrogen (secondary N) is 1. The number of benzene rings is 2. The normalized spacial score (nSPS) is 15.7. The molecule has 1 aliphatic rings. The molecule has 0 saturated carbocycles. The highest BCUT2D eigenvalue weighted by Crippen LogP contribution is 2.40. The van der Waals surface area contributed by atoms with E-state index in [1.807, 2.05) is 20.8 Å². The number of para-hydroxylation sites is 1. The number of carboxylic acids is 1. The Hall–Kier alpha value is -3.02. The zero-order valence-corrected chi connectivity index (χ0v) is 14.9. The lowest BCUT2D eigenvalue weighted by molar-refractivity contribution is -0.121. The van der Waals surface area contributed by atoms with Gasteiger partial charge in [0.1, 0.15) is 18.1 Å². The molecule has 6 nitrogen and oxygen atoms in total. The summed E-state index contributed by atoms with van der Waals surface area (Å²) in [4.78, 5) is 23.9. The summed E-state index contributed by atoms with van der Waals surface area (Å²) < 4.78 is 5.83. The molecule has 0 spiro atoms. The van der Waals surface area contributed by atoms with Gasteiger partial charge in [-0.3, -0.25) is 4.79 Å². The smallest absolute Gasteiger partial charge is 0.337 e. The average molecular weight is 355 g/mol. The quantitative estimate of drug-likeness (QED) is 0.786. The molecule has 0 bridgehead atoms. The first-order valence-corrected chi connectivity index (χ1v) is 8.38. The minimum atomic E-state index is -1.10. The minimum absolute atomic E-state index is 0.0401. The van der Waals surface area contributed by atoms with Crippen LogP contribution < -0.4 is 10.1 Å². The van der Waals surface area contributed by atoms with Gasteiger partial charge in [0, 0.05) is 5.56 Å². The van der Waals surface area contributed by atoms with E-state index in [0.29, 0.717) is 12.0 Å². The maximum absolute atomic E-state index is 12.7. The van der Waals surface area contributed by atoms with E-state index in [1.165, 1.54) is 6.07 Å². The Morgan fingerprint density at radius 3 is 2.50 bits per heavy atom. The van der Waals surface area contributed by atoms with Gasteiger partial charge in [-0.2, -0.15) is 0 Å². The van der Waals surface area contributed by atoms with Crippen LogP contribution in [0.1, 0.15) is 32.6 Å². The molecule has 2 aromatic rings. The molecule has 1 aliphatic heterocycles. The van der Waals surface area contributed by atoms with Gasteiger partial charge >= 0.3 is 5.97 Å². The zero-order valence-electron chi connectivity index (χ0n) is 14.9. The van der Waals surface area contributed by atoms with Gasteiger partial charge in [-0.25, -0.2) is 4.79 Å². The summed E-state index contributed by atoms with van der Waals surface area (Å²) in [5.41, 5.74) is 3.49. The van der Waals surface area contributed by atoms with E-state index in [1.54, 1.807) is 18.2 Å². The molecular formula is C20H21NO5. The van der Waals surface area contributed by atoms with Crippen LogP contribution in [0.4, 0.5) is 5.69 Å². The van der Waals surface area contributed by atoms with E-state index < -0.39 is 11.9 Å². The maximum Gasteiger partial charge on any atom is 0.337 e. The van der Waals surface area contributed by atoms with Crippen molar-refractivity contribution in [3.05, 3.63) is 52.1 Å². The molecule has 3 N–H and O–H groups in total. The summed E-state index contributed by atoms with van der Waals surface area (Å²) in [7, 11) is 0. The number of carbonyl (C=O) groups is 2. The molecule has 3 rings (SSSR count). The van der Waals surface area contributed by atoms with E-state index >= 15 is 0 Å². The predicted octanol–water partition coefficient (Wildman–Crippen LogP) is 3.21. The Balaban J connectivity index is 1.86. The summed E-state index contributed by atoms with van der Waals surface area (Å²) >= 11 is 0. The van der Waals surface area contributed by atoms with E-state index in [9.17, 15) is 19.8 Å². The summed E-state index contributed by atoms with van der Waals surface area (Å²) in [6, 6.07) is 6.28. The van der Waals surface area contributed by atoms with Crippen LogP contribution in [0.25, 0.3) is 0 Å². The molecule has 0 fully saturated rings. The minimum Gasteiger partial charge on any atom is -0.507 e. The number of carboxylic acid groups (broad SMARTS) is 1. The second-order valence-corrected chi connectivity index (χ2v) is 6.58. The van der Waals surface area contributed by atoms with E-state index in [4.69, 9.17) is 4.74 Å². The van der Waals surface area contributed by atoms with Crippen molar-refractivity contribution in [1.82, 2.24) is 0 Å². The second kappa shape index (κ2) is 6.71. The van der Waals surface area contributed by atoms with Crippen molar-refractivity contribution in [2.45, 2.75) is 27.2 Å². The van der Waals surface area contributed by atoms with Crippen LogP contribution in [0.15, 0.2) is 24.3 Å². The molecule has 0 aliphatic carbocycles. The van der Waals surface area contributed by atoms with E-state index in [0.717, 1.165) is 22.4 Å². The predicted molar refractivity (Wildman–Crippen MR) is 97.0 cm³/mol. The molecule has 1 heterocycles. The van der Waals surface area contributed by atoms with Crippen LogP contribution in [0, 0.1) is 26.7 Å². The first-order chi connectivity index (χ1) is 12.3. The SMILES string of the molecule is Cc1c(C)c2c(c(C)c1O)CC(C(=O)Nc1ccccc1C(=O)O)CO2. The number of phenols is 1. The maximum atomic E-state index is 12.7. The molecule has 0 saturated heterocycles. The number of rotatable bonds is 3. The highest BCUT2D eigenvalue weighted by Gasteiger charge is 2.30. The first-order valence-electron chi connectivity index (χ1n) is 8.38. The highest BCUT2D eigenvalue weighted by molar-refractivity contribution is 6.01. The largest absolute Gasteiger partial charge is 0.507 e. The van der Waals surface area contributed by atoms with Gasteiger partial charge in [-0.15, -0.1) is 0 Å². The van der Waals surface area contributed by atoms with Crippen molar-refractivity contribution in [1.29, 1.82) is 0 Å². The number of ether oxygens (including phenoxy) is 1. The third kappa shape index (κ3) is 2.98. The second-order valence-electron chi connectivity index (χ2n) is 6.58. The topological polar surface area (TPSA) is 95.9 Å². The number of aromatic carboxylic acids is 1. The lowest BCUT2D eigenvalue weighted by Gasteiger charge is -2.28. The monoisotopic (exact) mass is 355 g/mol. The molecule has 136 valence electrons. The van der Waals surface area contributed by atoms with Crippen molar-refractivity contribution >= 4 is 17.6 Å². The first kappa shape index (κ1) is 17.8. The van der Waals surface area contributed by atoms with E-state index in [-0.39, 0.29) is 29.5 Å². The summed E-state index contributed by atoms with van der Waals surface area (Å²) in [6.45, 7) is 5.74. The van der Waals surface area contributed by atoms with Gasteiger partial charge in [0.2, 0.25) is 5.91 Å². The molecular weight excluding hydrogens is 334 g/mol. The van der Waals surface area contributed by atoms with Gasteiger partial charge in [-0.1, -0.05) is 12.1 Å². The van der Waals surface area contributed by atoms with Crippen LogP contribution in [-0.4, -0.2) is 28.7 Å². The Bertz CT molecular complexity index is 904. The Kier molecular flexibility index (Phi) is 4.59. The fraction of sp³-hybridized carbons (Fsp3) is 0.300. The van der Waals surface area contributed by atoms with Crippen molar-refractivity contribution in [2.75, 3.05) is 11.9 Å². The number of amides is 1. The molecule has 1 amide bonds. The lowest BCUT2D eigenvalue weighted by atomic mass is 9.88. The number of aromatic hydroxyl groups is 1. The molecule has 1 unspecified atom stereocenters. The number of hydrogen-bond acceptors (Lipinski definition) is 4.